The first-order valence-electron chi connectivity index (χ1n) is 6.38. The van der Waals surface area contributed by atoms with Crippen molar-refractivity contribution in [2.45, 2.75) is 16.7 Å². The van der Waals surface area contributed by atoms with E-state index in [0.717, 1.165) is 0 Å². The van der Waals surface area contributed by atoms with Crippen LogP contribution < -0.4 is 5.32 Å². The van der Waals surface area contributed by atoms with Crippen LogP contribution in [0.15, 0.2) is 64.4 Å². The van der Waals surface area contributed by atoms with Gasteiger partial charge in [0.2, 0.25) is 9.84 Å². The molecule has 1 amide bonds. The molecule has 0 unspecified atom stereocenters. The second-order valence-corrected chi connectivity index (χ2v) is 6.08. The number of carbonyl (C=O) groups excluding carboxylic acids is 1. The number of sulfone groups is 1. The molecule has 0 aromatic heterocycles. The van der Waals surface area contributed by atoms with Gasteiger partial charge in [0.05, 0.1) is 22.1 Å². The number of carbonyl (C=O) groups is 1. The van der Waals surface area contributed by atoms with Crippen LogP contribution in [0.5, 0.6) is 0 Å². The molecule has 0 aliphatic heterocycles. The van der Waals surface area contributed by atoms with Crippen LogP contribution in [0.2, 0.25) is 0 Å². The Bertz CT molecular complexity index is 726. The van der Waals surface area contributed by atoms with E-state index in [4.69, 9.17) is 4.74 Å². The van der Waals surface area contributed by atoms with Crippen molar-refractivity contribution in [3.63, 3.8) is 0 Å². The van der Waals surface area contributed by atoms with Crippen molar-refractivity contribution >= 4 is 21.6 Å². The molecule has 0 fully saturated rings. The lowest BCUT2D eigenvalue weighted by Crippen LogP contribution is -2.16. The average molecular weight is 305 g/mol. The van der Waals surface area contributed by atoms with Crippen molar-refractivity contribution in [1.82, 2.24) is 0 Å². The van der Waals surface area contributed by atoms with Crippen molar-refractivity contribution in [1.29, 1.82) is 0 Å². The van der Waals surface area contributed by atoms with Crippen LogP contribution in [0.3, 0.4) is 0 Å². The quantitative estimate of drug-likeness (QED) is 0.942. The van der Waals surface area contributed by atoms with Gasteiger partial charge in [0.25, 0.3) is 0 Å². The Kier molecular flexibility index (Phi) is 4.59. The Balaban J connectivity index is 2.43. The van der Waals surface area contributed by atoms with Gasteiger partial charge in [-0.2, -0.15) is 0 Å². The van der Waals surface area contributed by atoms with E-state index in [1.165, 1.54) is 24.3 Å². The summed E-state index contributed by atoms with van der Waals surface area (Å²) in [5, 5.41) is 2.45. The van der Waals surface area contributed by atoms with Crippen LogP contribution in [0.4, 0.5) is 10.5 Å². The number of hydrogen-bond acceptors (Lipinski definition) is 4. The minimum Gasteiger partial charge on any atom is -0.450 e. The van der Waals surface area contributed by atoms with Crippen LogP contribution in [0.1, 0.15) is 6.92 Å². The van der Waals surface area contributed by atoms with Crippen molar-refractivity contribution in [3.8, 4) is 0 Å². The van der Waals surface area contributed by atoms with Gasteiger partial charge in [-0.1, -0.05) is 30.3 Å². The monoisotopic (exact) mass is 305 g/mol. The fraction of sp³-hybridized carbons (Fsp3) is 0.133. The maximum Gasteiger partial charge on any atom is 0.411 e. The number of anilines is 1. The first-order valence-corrected chi connectivity index (χ1v) is 7.87. The number of rotatable bonds is 4. The van der Waals surface area contributed by atoms with Gasteiger partial charge in [0, 0.05) is 0 Å². The molecule has 0 aliphatic carbocycles. The lowest BCUT2D eigenvalue weighted by Gasteiger charge is -2.11. The Morgan fingerprint density at radius 1 is 1.05 bits per heavy atom. The van der Waals surface area contributed by atoms with Crippen LogP contribution in [-0.2, 0) is 14.6 Å². The third kappa shape index (κ3) is 3.41. The van der Waals surface area contributed by atoms with E-state index < -0.39 is 15.9 Å². The molecule has 0 radical (unpaired) electrons. The SMILES string of the molecule is CCOC(=O)Nc1ccccc1S(=O)(=O)c1ccccc1. The Labute approximate surface area is 123 Å². The average Bonchev–Trinajstić information content (AvgIpc) is 2.49. The molecule has 6 heteroatoms. The summed E-state index contributed by atoms with van der Waals surface area (Å²) in [5.74, 6) is 0. The van der Waals surface area contributed by atoms with Gasteiger partial charge >= 0.3 is 6.09 Å². The van der Waals surface area contributed by atoms with Crippen molar-refractivity contribution in [2.24, 2.45) is 0 Å². The van der Waals surface area contributed by atoms with E-state index in [0.29, 0.717) is 0 Å². The highest BCUT2D eigenvalue weighted by atomic mass is 32.2. The molecule has 110 valence electrons. The standard InChI is InChI=1S/C15H15NO4S/c1-2-20-15(17)16-13-10-6-7-11-14(13)21(18,19)12-8-4-3-5-9-12/h3-11H,2H2,1H3,(H,16,17). The fourth-order valence-electron chi connectivity index (χ4n) is 1.81. The van der Waals surface area contributed by atoms with Crippen LogP contribution in [0, 0.1) is 0 Å². The number of para-hydroxylation sites is 1. The number of nitrogens with one attached hydrogen (secondary N) is 1. The highest BCUT2D eigenvalue weighted by molar-refractivity contribution is 7.91. The van der Waals surface area contributed by atoms with Crippen LogP contribution in [0.25, 0.3) is 0 Å². The van der Waals surface area contributed by atoms with Crippen molar-refractivity contribution in [2.75, 3.05) is 11.9 Å². The van der Waals surface area contributed by atoms with E-state index in [2.05, 4.69) is 5.32 Å². The zero-order valence-electron chi connectivity index (χ0n) is 11.4. The normalized spacial score (nSPS) is 10.9. The fourth-order valence-corrected chi connectivity index (χ4v) is 3.24. The van der Waals surface area contributed by atoms with Gasteiger partial charge in [-0.05, 0) is 31.2 Å². The third-order valence-electron chi connectivity index (χ3n) is 2.74. The van der Waals surface area contributed by atoms with Gasteiger partial charge in [0.1, 0.15) is 0 Å². The van der Waals surface area contributed by atoms with Gasteiger partial charge in [-0.25, -0.2) is 13.2 Å². The largest absolute Gasteiger partial charge is 0.450 e. The molecular weight excluding hydrogens is 290 g/mol. The zero-order chi connectivity index (χ0) is 15.3. The summed E-state index contributed by atoms with van der Waals surface area (Å²) in [7, 11) is -3.70. The lowest BCUT2D eigenvalue weighted by molar-refractivity contribution is 0.168. The number of hydrogen-bond donors (Lipinski definition) is 1. The van der Waals surface area contributed by atoms with E-state index in [9.17, 15) is 13.2 Å². The summed E-state index contributed by atoms with van der Waals surface area (Å²) in [6.45, 7) is 1.88. The first kappa shape index (κ1) is 15.1. The molecular formula is C15H15NO4S. The highest BCUT2D eigenvalue weighted by Crippen LogP contribution is 2.27. The van der Waals surface area contributed by atoms with E-state index in [-0.39, 0.29) is 22.1 Å². The van der Waals surface area contributed by atoms with Gasteiger partial charge in [-0.3, -0.25) is 5.32 Å². The Morgan fingerprint density at radius 3 is 2.33 bits per heavy atom. The predicted molar refractivity (Wildman–Crippen MR) is 79.0 cm³/mol. The summed E-state index contributed by atoms with van der Waals surface area (Å²) in [6.07, 6.45) is -0.687. The third-order valence-corrected chi connectivity index (χ3v) is 4.57. The molecule has 0 bridgehead atoms. The van der Waals surface area contributed by atoms with Crippen molar-refractivity contribution in [3.05, 3.63) is 54.6 Å². The Morgan fingerprint density at radius 2 is 1.67 bits per heavy atom. The van der Waals surface area contributed by atoms with E-state index >= 15 is 0 Å². The molecule has 0 saturated carbocycles. The minimum absolute atomic E-state index is 0.0317. The Hall–Kier alpha value is -2.34. The molecule has 0 aliphatic rings. The zero-order valence-corrected chi connectivity index (χ0v) is 12.3. The first-order chi connectivity index (χ1) is 10.1. The molecule has 0 atom stereocenters. The van der Waals surface area contributed by atoms with Gasteiger partial charge in [0.15, 0.2) is 0 Å². The second kappa shape index (κ2) is 6.41. The van der Waals surface area contributed by atoms with E-state index in [1.54, 1.807) is 37.3 Å². The summed E-state index contributed by atoms with van der Waals surface area (Å²) in [5.41, 5.74) is 0.194. The topological polar surface area (TPSA) is 72.5 Å². The number of amides is 1. The number of benzene rings is 2. The lowest BCUT2D eigenvalue weighted by atomic mass is 10.3. The van der Waals surface area contributed by atoms with Crippen molar-refractivity contribution < 1.29 is 17.9 Å². The predicted octanol–water partition coefficient (Wildman–Crippen LogP) is 3.09. The maximum atomic E-state index is 12.6. The second-order valence-electron chi connectivity index (χ2n) is 4.16. The molecule has 1 N–H and O–H groups in total. The van der Waals surface area contributed by atoms with Crippen LogP contribution in [-0.4, -0.2) is 21.1 Å². The molecule has 21 heavy (non-hydrogen) atoms. The molecule has 2 aromatic rings. The minimum atomic E-state index is -3.70. The molecule has 0 saturated heterocycles. The smallest absolute Gasteiger partial charge is 0.411 e. The number of ether oxygens (including phenoxy) is 1. The summed E-state index contributed by atoms with van der Waals surface area (Å²) >= 11 is 0. The molecule has 0 spiro atoms. The van der Waals surface area contributed by atoms with Gasteiger partial charge in [-0.15, -0.1) is 0 Å². The summed E-state index contributed by atoms with van der Waals surface area (Å²) in [6, 6.07) is 14.3. The maximum absolute atomic E-state index is 12.6. The summed E-state index contributed by atoms with van der Waals surface area (Å²) < 4.78 is 30.0. The highest BCUT2D eigenvalue weighted by Gasteiger charge is 2.21. The molecule has 5 nitrogen and oxygen atoms in total. The van der Waals surface area contributed by atoms with Gasteiger partial charge < -0.3 is 4.74 Å². The molecule has 2 aromatic carbocycles. The summed E-state index contributed by atoms with van der Waals surface area (Å²) in [4.78, 5) is 11.7. The molecule has 0 heterocycles. The molecule has 2 rings (SSSR count). The van der Waals surface area contributed by atoms with E-state index in [1.807, 2.05) is 0 Å². The van der Waals surface area contributed by atoms with Crippen LogP contribution >= 0.6 is 0 Å².